The molecule has 44 heavy (non-hydrogen) atoms. The lowest BCUT2D eigenvalue weighted by Gasteiger charge is -2.33. The Kier molecular flexibility index (Phi) is 8.47. The first-order valence-electron chi connectivity index (χ1n) is 14.5. The number of nitrogens with zero attached hydrogens (tertiary/aromatic N) is 6. The number of thioether (sulfide) groups is 1. The third-order valence-corrected chi connectivity index (χ3v) is 9.54. The number of hydrogen-bond donors (Lipinski definition) is 0. The van der Waals surface area contributed by atoms with E-state index in [9.17, 15) is 22.4 Å². The fourth-order valence-electron chi connectivity index (χ4n) is 6.38. The minimum absolute atomic E-state index is 0.0430. The Labute approximate surface area is 257 Å². The number of amides is 1. The molecule has 2 fully saturated rings. The summed E-state index contributed by atoms with van der Waals surface area (Å²) in [5, 5.41) is 4.41. The van der Waals surface area contributed by atoms with Crippen LogP contribution in [-0.4, -0.2) is 74.1 Å². The van der Waals surface area contributed by atoms with Crippen molar-refractivity contribution in [2.45, 2.75) is 48.2 Å². The summed E-state index contributed by atoms with van der Waals surface area (Å²) in [6.07, 6.45) is 2.11. The molecule has 1 amide bonds. The van der Waals surface area contributed by atoms with Gasteiger partial charge in [0.15, 0.2) is 5.82 Å². The quantitative estimate of drug-likeness (QED) is 0.179. The lowest BCUT2D eigenvalue weighted by molar-refractivity contribution is -0.186. The summed E-state index contributed by atoms with van der Waals surface area (Å²) in [7, 11) is 0. The molecule has 2 aromatic carbocycles. The lowest BCUT2D eigenvalue weighted by atomic mass is 9.79. The molecule has 4 heterocycles. The molecule has 0 bridgehead atoms. The minimum atomic E-state index is -4.54. The maximum atomic E-state index is 14.6. The van der Waals surface area contributed by atoms with Crippen molar-refractivity contribution in [2.75, 3.05) is 32.4 Å². The smallest absolute Gasteiger partial charge is 0.337 e. The molecule has 2 aliphatic heterocycles. The summed E-state index contributed by atoms with van der Waals surface area (Å²) in [6, 6.07) is 16.3. The van der Waals surface area contributed by atoms with Gasteiger partial charge in [0.1, 0.15) is 5.41 Å². The van der Waals surface area contributed by atoms with Gasteiger partial charge in [-0.05, 0) is 61.9 Å². The van der Waals surface area contributed by atoms with Crippen molar-refractivity contribution < 1.29 is 22.4 Å². The third-order valence-electron chi connectivity index (χ3n) is 8.80. The van der Waals surface area contributed by atoms with Crippen molar-refractivity contribution in [2.24, 2.45) is 0 Å². The zero-order valence-electron chi connectivity index (χ0n) is 24.2. The van der Waals surface area contributed by atoms with E-state index in [1.165, 1.54) is 38.4 Å². The number of alkyl halides is 3. The van der Waals surface area contributed by atoms with E-state index in [-0.39, 0.29) is 36.0 Å². The molecule has 0 spiro atoms. The predicted octanol–water partition coefficient (Wildman–Crippen LogP) is 6.25. The van der Waals surface area contributed by atoms with Crippen LogP contribution in [-0.2, 0) is 12.0 Å². The number of carbonyl (C=O) groups excluding carboxylic acids is 1. The molecule has 0 radical (unpaired) electrons. The minimum Gasteiger partial charge on any atom is -0.337 e. The Hall–Kier alpha value is -3.77. The van der Waals surface area contributed by atoms with E-state index in [4.69, 9.17) is 0 Å². The fourth-order valence-corrected chi connectivity index (χ4v) is 6.79. The van der Waals surface area contributed by atoms with Crippen molar-refractivity contribution in [3.8, 4) is 5.95 Å². The molecular formula is C32H32F4N6OS. The number of piperidine rings is 1. The Morgan fingerprint density at radius 2 is 1.66 bits per heavy atom. The van der Waals surface area contributed by atoms with E-state index in [1.807, 2.05) is 6.26 Å². The van der Waals surface area contributed by atoms with Gasteiger partial charge in [-0.3, -0.25) is 9.69 Å². The first-order valence-corrected chi connectivity index (χ1v) is 15.7. The van der Waals surface area contributed by atoms with Crippen LogP contribution in [0.2, 0.25) is 0 Å². The molecular weight excluding hydrogens is 592 g/mol. The molecule has 12 heteroatoms. The second-order valence-electron chi connectivity index (χ2n) is 11.4. The van der Waals surface area contributed by atoms with Crippen LogP contribution in [0.4, 0.5) is 17.6 Å². The Bertz CT molecular complexity index is 1590. The van der Waals surface area contributed by atoms with Crippen LogP contribution < -0.4 is 0 Å². The topological polar surface area (TPSA) is 67.2 Å². The second kappa shape index (κ2) is 12.3. The SMILES string of the molecule is CSc1ccc(CN2CCC(c3c(C(=O)N4CC[C@@](c5ccccc5)(C(F)(F)F)C4)cnn3-c3ncc(F)cn3)CC2)cc1. The number of aromatic nitrogens is 4. The number of benzene rings is 2. The highest BCUT2D eigenvalue weighted by atomic mass is 32.2. The highest BCUT2D eigenvalue weighted by Gasteiger charge is 2.59. The van der Waals surface area contributed by atoms with Crippen LogP contribution in [0, 0.1) is 5.82 Å². The van der Waals surface area contributed by atoms with Crippen LogP contribution in [0.3, 0.4) is 0 Å². The van der Waals surface area contributed by atoms with Gasteiger partial charge in [0.05, 0.1) is 29.8 Å². The number of carbonyl (C=O) groups is 1. The number of halogens is 4. The molecule has 4 aromatic rings. The highest BCUT2D eigenvalue weighted by Crippen LogP contribution is 2.48. The summed E-state index contributed by atoms with van der Waals surface area (Å²) in [4.78, 5) is 27.0. The van der Waals surface area contributed by atoms with Gasteiger partial charge < -0.3 is 4.90 Å². The Balaban J connectivity index is 1.27. The van der Waals surface area contributed by atoms with E-state index in [0.29, 0.717) is 18.5 Å². The number of hydrogen-bond acceptors (Lipinski definition) is 6. The molecule has 230 valence electrons. The third kappa shape index (κ3) is 5.84. The molecule has 0 unspecified atom stereocenters. The number of likely N-dealkylation sites (tertiary alicyclic amines) is 2. The Morgan fingerprint density at radius 3 is 2.30 bits per heavy atom. The van der Waals surface area contributed by atoms with Crippen molar-refractivity contribution in [1.29, 1.82) is 0 Å². The largest absolute Gasteiger partial charge is 0.400 e. The normalized spacial score (nSPS) is 19.9. The predicted molar refractivity (Wildman–Crippen MR) is 159 cm³/mol. The molecule has 1 atom stereocenters. The van der Waals surface area contributed by atoms with E-state index >= 15 is 0 Å². The van der Waals surface area contributed by atoms with Crippen LogP contribution in [0.15, 0.2) is 78.1 Å². The summed E-state index contributed by atoms with van der Waals surface area (Å²) in [5.41, 5.74) is -0.0132. The fraction of sp³-hybridized carbons (Fsp3) is 0.375. The molecule has 2 aromatic heterocycles. The van der Waals surface area contributed by atoms with Crippen molar-refractivity contribution >= 4 is 17.7 Å². The zero-order valence-corrected chi connectivity index (χ0v) is 25.0. The van der Waals surface area contributed by atoms with Gasteiger partial charge in [-0.1, -0.05) is 42.5 Å². The summed E-state index contributed by atoms with van der Waals surface area (Å²) in [5.74, 6) is -1.14. The van der Waals surface area contributed by atoms with Gasteiger partial charge in [-0.15, -0.1) is 11.8 Å². The van der Waals surface area contributed by atoms with E-state index in [0.717, 1.165) is 32.0 Å². The van der Waals surface area contributed by atoms with Crippen LogP contribution in [0.1, 0.15) is 52.4 Å². The van der Waals surface area contributed by atoms with Gasteiger partial charge in [0.25, 0.3) is 11.9 Å². The first kappa shape index (κ1) is 30.3. The molecule has 7 nitrogen and oxygen atoms in total. The van der Waals surface area contributed by atoms with Crippen LogP contribution in [0.25, 0.3) is 5.95 Å². The average molecular weight is 625 g/mol. The second-order valence-corrected chi connectivity index (χ2v) is 12.3. The van der Waals surface area contributed by atoms with Gasteiger partial charge in [0, 0.05) is 30.4 Å². The molecule has 2 saturated heterocycles. The monoisotopic (exact) mass is 624 g/mol. The number of rotatable bonds is 7. The summed E-state index contributed by atoms with van der Waals surface area (Å²) < 4.78 is 58.9. The van der Waals surface area contributed by atoms with E-state index < -0.39 is 29.9 Å². The van der Waals surface area contributed by atoms with E-state index in [2.05, 4.69) is 44.2 Å². The van der Waals surface area contributed by atoms with Crippen molar-refractivity contribution in [3.63, 3.8) is 0 Å². The van der Waals surface area contributed by atoms with Crippen molar-refractivity contribution in [1.82, 2.24) is 29.5 Å². The first-order chi connectivity index (χ1) is 21.2. The summed E-state index contributed by atoms with van der Waals surface area (Å²) in [6.45, 7) is 1.78. The lowest BCUT2D eigenvalue weighted by Crippen LogP contribution is -2.45. The van der Waals surface area contributed by atoms with E-state index in [1.54, 1.807) is 30.0 Å². The highest BCUT2D eigenvalue weighted by molar-refractivity contribution is 7.98. The van der Waals surface area contributed by atoms with Gasteiger partial charge in [-0.2, -0.15) is 18.3 Å². The van der Waals surface area contributed by atoms with Gasteiger partial charge >= 0.3 is 6.18 Å². The summed E-state index contributed by atoms with van der Waals surface area (Å²) >= 11 is 1.70. The standard InChI is InChI=1S/C32H32F4N6OS/c1-44-26-9-7-22(8-10-26)20-40-14-11-23(12-15-40)28-27(19-39-42(28)30-37-17-25(33)18-38-30)29(43)41-16-13-31(21-41,32(34,35)36)24-5-3-2-4-6-24/h2-10,17-19,23H,11-16,20-21H2,1H3/t31-/m1/s1. The average Bonchev–Trinajstić information content (AvgIpc) is 3.69. The molecule has 0 saturated carbocycles. The Morgan fingerprint density at radius 1 is 0.977 bits per heavy atom. The molecule has 0 aliphatic carbocycles. The van der Waals surface area contributed by atoms with Crippen LogP contribution in [0.5, 0.6) is 0 Å². The molecule has 2 aliphatic rings. The van der Waals surface area contributed by atoms with Crippen molar-refractivity contribution in [3.05, 3.63) is 101 Å². The van der Waals surface area contributed by atoms with Gasteiger partial charge in [-0.25, -0.2) is 19.0 Å². The maximum Gasteiger partial charge on any atom is 0.400 e. The molecule has 6 rings (SSSR count). The zero-order chi connectivity index (χ0) is 30.9. The molecule has 0 N–H and O–H groups in total. The van der Waals surface area contributed by atoms with Crippen LogP contribution >= 0.6 is 11.8 Å². The maximum absolute atomic E-state index is 14.6. The van der Waals surface area contributed by atoms with Gasteiger partial charge in [0.2, 0.25) is 0 Å².